The lowest BCUT2D eigenvalue weighted by molar-refractivity contribution is 0.0339. The molecule has 128 valence electrons. The molecule has 0 aliphatic carbocycles. The van der Waals surface area contributed by atoms with Crippen LogP contribution in [-0.2, 0) is 17.8 Å². The summed E-state index contributed by atoms with van der Waals surface area (Å²) in [7, 11) is 0. The average molecular weight is 327 g/mol. The lowest BCUT2D eigenvalue weighted by Crippen LogP contribution is -2.35. The van der Waals surface area contributed by atoms with Crippen LogP contribution in [0.2, 0.25) is 0 Å². The Labute approximate surface area is 143 Å². The van der Waals surface area contributed by atoms with E-state index in [9.17, 15) is 5.11 Å². The summed E-state index contributed by atoms with van der Waals surface area (Å²) in [5.41, 5.74) is 3.17. The summed E-state index contributed by atoms with van der Waals surface area (Å²) in [6.07, 6.45) is 1.81. The van der Waals surface area contributed by atoms with Gasteiger partial charge in [0.2, 0.25) is 0 Å². The summed E-state index contributed by atoms with van der Waals surface area (Å²) in [4.78, 5) is 6.69. The third kappa shape index (κ3) is 4.54. The lowest BCUT2D eigenvalue weighted by atomic mass is 10.1. The summed E-state index contributed by atoms with van der Waals surface area (Å²) in [6, 6.07) is 12.0. The first-order valence-corrected chi connectivity index (χ1v) is 8.47. The highest BCUT2D eigenvalue weighted by molar-refractivity contribution is 5.36. The second-order valence-corrected chi connectivity index (χ2v) is 6.21. The van der Waals surface area contributed by atoms with Crippen molar-refractivity contribution in [3.8, 4) is 5.75 Å². The average Bonchev–Trinajstić information content (AvgIpc) is 2.63. The second kappa shape index (κ2) is 8.24. The quantitative estimate of drug-likeness (QED) is 0.853. The van der Waals surface area contributed by atoms with Crippen molar-refractivity contribution >= 4 is 0 Å². The van der Waals surface area contributed by atoms with Gasteiger partial charge in [0.15, 0.2) is 0 Å². The van der Waals surface area contributed by atoms with Gasteiger partial charge in [-0.25, -0.2) is 0 Å². The summed E-state index contributed by atoms with van der Waals surface area (Å²) in [6.45, 7) is 6.98. The highest BCUT2D eigenvalue weighted by Gasteiger charge is 2.13. The normalized spacial score (nSPS) is 16.9. The van der Waals surface area contributed by atoms with Crippen LogP contribution in [0.3, 0.4) is 0 Å². The van der Waals surface area contributed by atoms with E-state index < -0.39 is 0 Å². The Morgan fingerprint density at radius 3 is 2.83 bits per heavy atom. The summed E-state index contributed by atoms with van der Waals surface area (Å²) >= 11 is 0. The summed E-state index contributed by atoms with van der Waals surface area (Å²) in [5, 5.41) is 13.6. The molecule has 1 aromatic carbocycles. The molecule has 0 radical (unpaired) electrons. The molecule has 3 rings (SSSR count). The highest BCUT2D eigenvalue weighted by atomic mass is 16.5. The minimum Gasteiger partial charge on any atom is -0.508 e. The van der Waals surface area contributed by atoms with E-state index in [1.807, 2.05) is 30.5 Å². The zero-order chi connectivity index (χ0) is 16.8. The molecule has 2 aromatic rings. The smallest absolute Gasteiger partial charge is 0.120 e. The van der Waals surface area contributed by atoms with Crippen molar-refractivity contribution in [2.24, 2.45) is 0 Å². The van der Waals surface area contributed by atoms with Crippen LogP contribution in [0.25, 0.3) is 0 Å². The minimum absolute atomic E-state index is 0.183. The number of hydrogen-bond acceptors (Lipinski definition) is 5. The van der Waals surface area contributed by atoms with E-state index in [-0.39, 0.29) is 6.04 Å². The molecule has 24 heavy (non-hydrogen) atoms. The Morgan fingerprint density at radius 2 is 2.08 bits per heavy atom. The second-order valence-electron chi connectivity index (χ2n) is 6.21. The number of rotatable bonds is 6. The number of nitrogens with zero attached hydrogens (tertiary/aromatic N) is 2. The number of ether oxygens (including phenoxy) is 1. The number of aromatic hydroxyl groups is 1. The first kappa shape index (κ1) is 16.9. The number of hydrogen-bond donors (Lipinski definition) is 2. The van der Waals surface area contributed by atoms with Crippen LogP contribution in [0.15, 0.2) is 42.6 Å². The van der Waals surface area contributed by atoms with Crippen LogP contribution in [-0.4, -0.2) is 41.3 Å². The number of phenols is 1. The van der Waals surface area contributed by atoms with E-state index in [4.69, 9.17) is 4.74 Å². The third-order valence-corrected chi connectivity index (χ3v) is 4.39. The molecule has 0 saturated carbocycles. The summed E-state index contributed by atoms with van der Waals surface area (Å²) < 4.78 is 5.38. The fourth-order valence-electron chi connectivity index (χ4n) is 2.88. The van der Waals surface area contributed by atoms with Crippen molar-refractivity contribution < 1.29 is 9.84 Å². The van der Waals surface area contributed by atoms with Crippen molar-refractivity contribution in [3.63, 3.8) is 0 Å². The van der Waals surface area contributed by atoms with E-state index in [1.54, 1.807) is 6.07 Å². The first-order valence-electron chi connectivity index (χ1n) is 8.47. The number of pyridine rings is 1. The van der Waals surface area contributed by atoms with Gasteiger partial charge in [0, 0.05) is 44.0 Å². The third-order valence-electron chi connectivity index (χ3n) is 4.39. The van der Waals surface area contributed by atoms with Gasteiger partial charge in [-0.3, -0.25) is 9.88 Å². The van der Waals surface area contributed by atoms with Crippen molar-refractivity contribution in [1.82, 2.24) is 15.2 Å². The van der Waals surface area contributed by atoms with Crippen LogP contribution >= 0.6 is 0 Å². The van der Waals surface area contributed by atoms with Crippen LogP contribution in [0.4, 0.5) is 0 Å². The van der Waals surface area contributed by atoms with Crippen molar-refractivity contribution in [2.75, 3.05) is 26.3 Å². The van der Waals surface area contributed by atoms with E-state index in [1.165, 1.54) is 5.56 Å². The molecule has 1 aliphatic heterocycles. The predicted molar refractivity (Wildman–Crippen MR) is 93.7 cm³/mol. The molecule has 5 heteroatoms. The fraction of sp³-hybridized carbons (Fsp3) is 0.421. The molecular weight excluding hydrogens is 302 g/mol. The number of phenolic OH excluding ortho intramolecular Hbond substituents is 1. The Morgan fingerprint density at radius 1 is 1.25 bits per heavy atom. The van der Waals surface area contributed by atoms with Crippen LogP contribution in [0.5, 0.6) is 5.75 Å². The molecular formula is C19H25N3O2. The topological polar surface area (TPSA) is 57.6 Å². The van der Waals surface area contributed by atoms with Gasteiger partial charge in [0.25, 0.3) is 0 Å². The fourth-order valence-corrected chi connectivity index (χ4v) is 2.88. The van der Waals surface area contributed by atoms with Gasteiger partial charge >= 0.3 is 0 Å². The Bertz CT molecular complexity index is 642. The molecule has 0 spiro atoms. The molecule has 1 fully saturated rings. The van der Waals surface area contributed by atoms with Crippen molar-refractivity contribution in [3.05, 3.63) is 59.4 Å². The zero-order valence-corrected chi connectivity index (χ0v) is 14.1. The van der Waals surface area contributed by atoms with Gasteiger partial charge in [-0.15, -0.1) is 0 Å². The minimum atomic E-state index is 0.183. The molecule has 1 aliphatic rings. The largest absolute Gasteiger partial charge is 0.508 e. The van der Waals surface area contributed by atoms with Crippen molar-refractivity contribution in [2.45, 2.75) is 26.1 Å². The predicted octanol–water partition coefficient (Wildman–Crippen LogP) is 2.47. The van der Waals surface area contributed by atoms with E-state index >= 15 is 0 Å². The monoisotopic (exact) mass is 327 g/mol. The van der Waals surface area contributed by atoms with E-state index in [0.717, 1.165) is 50.7 Å². The van der Waals surface area contributed by atoms with E-state index in [2.05, 4.69) is 28.2 Å². The maximum Gasteiger partial charge on any atom is 0.120 e. The molecule has 1 unspecified atom stereocenters. The van der Waals surface area contributed by atoms with Gasteiger partial charge in [-0.1, -0.05) is 12.1 Å². The Hall–Kier alpha value is -1.95. The lowest BCUT2D eigenvalue weighted by Gasteiger charge is -2.27. The number of nitrogens with one attached hydrogen (secondary N) is 1. The van der Waals surface area contributed by atoms with E-state index in [0.29, 0.717) is 5.75 Å². The highest BCUT2D eigenvalue weighted by Crippen LogP contribution is 2.21. The Kier molecular flexibility index (Phi) is 5.80. The van der Waals surface area contributed by atoms with Gasteiger partial charge < -0.3 is 15.2 Å². The zero-order valence-electron chi connectivity index (χ0n) is 14.1. The molecule has 1 atom stereocenters. The SMILES string of the molecule is CC(NCc1ccc(O)c(CN2CCOCC2)c1)c1ccccn1. The van der Waals surface area contributed by atoms with Gasteiger partial charge in [0.05, 0.1) is 18.9 Å². The maximum atomic E-state index is 10.1. The van der Waals surface area contributed by atoms with Crippen LogP contribution in [0.1, 0.15) is 29.8 Å². The molecule has 2 heterocycles. The molecule has 2 N–H and O–H groups in total. The van der Waals surface area contributed by atoms with Gasteiger partial charge in [-0.05, 0) is 36.8 Å². The number of benzene rings is 1. The molecule has 1 saturated heterocycles. The van der Waals surface area contributed by atoms with Crippen LogP contribution in [0, 0.1) is 0 Å². The molecule has 5 nitrogen and oxygen atoms in total. The van der Waals surface area contributed by atoms with Gasteiger partial charge in [0.1, 0.15) is 5.75 Å². The Balaban J connectivity index is 1.60. The maximum absolute atomic E-state index is 10.1. The summed E-state index contributed by atoms with van der Waals surface area (Å²) in [5.74, 6) is 0.364. The number of morpholine rings is 1. The molecule has 1 aromatic heterocycles. The standard InChI is InChI=1S/C19H25N3O2/c1-15(18-4-2-3-7-20-18)21-13-16-5-6-19(23)17(12-16)14-22-8-10-24-11-9-22/h2-7,12,15,21,23H,8-11,13-14H2,1H3. The molecule has 0 bridgehead atoms. The first-order chi connectivity index (χ1) is 11.7. The molecule has 0 amide bonds. The number of aromatic nitrogens is 1. The van der Waals surface area contributed by atoms with Gasteiger partial charge in [-0.2, -0.15) is 0 Å². The van der Waals surface area contributed by atoms with Crippen molar-refractivity contribution in [1.29, 1.82) is 0 Å². The van der Waals surface area contributed by atoms with Crippen LogP contribution < -0.4 is 5.32 Å².